The molecule has 0 saturated carbocycles. The van der Waals surface area contributed by atoms with Crippen LogP contribution in [-0.4, -0.2) is 30.5 Å². The van der Waals surface area contributed by atoms with E-state index in [1.165, 1.54) is 6.07 Å². The molecule has 3 aromatic carbocycles. The fraction of sp³-hybridized carbons (Fsp3) is 0.222. The van der Waals surface area contributed by atoms with Gasteiger partial charge in [0.05, 0.1) is 30.7 Å². The molecule has 0 atom stereocenters. The number of aromatic nitrogens is 1. The second-order valence-electron chi connectivity index (χ2n) is 8.11. The molecule has 0 amide bonds. The Labute approximate surface area is 190 Å². The first-order valence-electron chi connectivity index (χ1n) is 10.9. The van der Waals surface area contributed by atoms with Crippen molar-refractivity contribution in [2.75, 3.05) is 13.2 Å². The van der Waals surface area contributed by atoms with Gasteiger partial charge < -0.3 is 9.47 Å². The fourth-order valence-electron chi connectivity index (χ4n) is 4.72. The summed E-state index contributed by atoms with van der Waals surface area (Å²) in [4.78, 5) is 28.5. The highest BCUT2D eigenvalue weighted by atomic mass is 19.1. The molecule has 0 saturated heterocycles. The van der Waals surface area contributed by atoms with Crippen LogP contribution in [0.1, 0.15) is 34.0 Å². The smallest absolute Gasteiger partial charge is 0.310 e. The van der Waals surface area contributed by atoms with Crippen molar-refractivity contribution in [3.63, 3.8) is 0 Å². The van der Waals surface area contributed by atoms with E-state index in [9.17, 15) is 9.59 Å². The number of rotatable bonds is 5. The number of benzene rings is 3. The van der Waals surface area contributed by atoms with E-state index < -0.39 is 5.82 Å². The number of aryl methyl sites for hydroxylation is 1. The quantitative estimate of drug-likeness (QED) is 0.307. The van der Waals surface area contributed by atoms with E-state index >= 15 is 4.39 Å². The molecule has 1 aromatic heterocycles. The Hall–Kier alpha value is -3.80. The van der Waals surface area contributed by atoms with Crippen LogP contribution in [0.15, 0.2) is 42.6 Å². The van der Waals surface area contributed by atoms with E-state index in [4.69, 9.17) is 9.47 Å². The van der Waals surface area contributed by atoms with Crippen molar-refractivity contribution in [1.29, 1.82) is 0 Å². The molecule has 5 rings (SSSR count). The van der Waals surface area contributed by atoms with Gasteiger partial charge in [0, 0.05) is 29.0 Å². The molecule has 1 aliphatic rings. The Balaban J connectivity index is 1.89. The van der Waals surface area contributed by atoms with E-state index in [0.717, 1.165) is 50.9 Å². The maximum absolute atomic E-state index is 15.2. The lowest BCUT2D eigenvalue weighted by Gasteiger charge is -2.22. The molecular weight excluding hydrogens is 421 g/mol. The number of carbonyl (C=O) groups excluding carboxylic acids is 2. The number of hydrogen-bond acceptors (Lipinski definition) is 5. The van der Waals surface area contributed by atoms with Gasteiger partial charge >= 0.3 is 5.97 Å². The van der Waals surface area contributed by atoms with E-state index in [1.807, 2.05) is 25.1 Å². The molecule has 6 heteroatoms. The Morgan fingerprint density at radius 3 is 2.85 bits per heavy atom. The molecule has 0 bridgehead atoms. The molecule has 0 fully saturated rings. The third kappa shape index (κ3) is 3.42. The SMILES string of the molecule is CCOC(=O)Cc1c(C)cc2c(F)c(C=O)ccc2c1-c1ccc2c3c(ccnc13)CCO2. The first kappa shape index (κ1) is 21.1. The van der Waals surface area contributed by atoms with Gasteiger partial charge in [-0.05, 0) is 71.8 Å². The van der Waals surface area contributed by atoms with Crippen LogP contribution in [-0.2, 0) is 22.4 Å². The summed E-state index contributed by atoms with van der Waals surface area (Å²) in [5, 5.41) is 1.88. The molecule has 0 N–H and O–H groups in total. The third-order valence-electron chi connectivity index (χ3n) is 6.21. The van der Waals surface area contributed by atoms with Crippen molar-refractivity contribution < 1.29 is 23.5 Å². The molecule has 5 nitrogen and oxygen atoms in total. The van der Waals surface area contributed by atoms with Gasteiger partial charge in [-0.1, -0.05) is 6.07 Å². The normalized spacial score (nSPS) is 12.6. The van der Waals surface area contributed by atoms with Gasteiger partial charge in [0.15, 0.2) is 6.29 Å². The summed E-state index contributed by atoms with van der Waals surface area (Å²) in [6, 6.07) is 10.7. The zero-order chi connectivity index (χ0) is 23.1. The monoisotopic (exact) mass is 443 g/mol. The summed E-state index contributed by atoms with van der Waals surface area (Å²) in [6.45, 7) is 4.48. The van der Waals surface area contributed by atoms with E-state index in [1.54, 1.807) is 25.3 Å². The molecule has 166 valence electrons. The first-order chi connectivity index (χ1) is 16.0. The van der Waals surface area contributed by atoms with Crippen molar-refractivity contribution in [2.45, 2.75) is 26.7 Å². The second-order valence-corrected chi connectivity index (χ2v) is 8.11. The Bertz CT molecular complexity index is 1430. The highest BCUT2D eigenvalue weighted by Crippen LogP contribution is 2.43. The van der Waals surface area contributed by atoms with Crippen molar-refractivity contribution in [3.05, 3.63) is 70.7 Å². The van der Waals surface area contributed by atoms with Crippen LogP contribution in [0, 0.1) is 12.7 Å². The second kappa shape index (κ2) is 8.28. The van der Waals surface area contributed by atoms with Crippen LogP contribution in [0.25, 0.3) is 32.8 Å². The maximum Gasteiger partial charge on any atom is 0.310 e. The van der Waals surface area contributed by atoms with Crippen LogP contribution < -0.4 is 4.74 Å². The maximum atomic E-state index is 15.2. The van der Waals surface area contributed by atoms with Crippen molar-refractivity contribution in [1.82, 2.24) is 4.98 Å². The van der Waals surface area contributed by atoms with E-state index in [-0.39, 0.29) is 24.6 Å². The molecule has 0 aliphatic carbocycles. The van der Waals surface area contributed by atoms with Gasteiger partial charge in [-0.2, -0.15) is 0 Å². The third-order valence-corrected chi connectivity index (χ3v) is 6.21. The van der Waals surface area contributed by atoms with Gasteiger partial charge in [0.2, 0.25) is 0 Å². The fourth-order valence-corrected chi connectivity index (χ4v) is 4.72. The van der Waals surface area contributed by atoms with Crippen molar-refractivity contribution >= 4 is 33.9 Å². The summed E-state index contributed by atoms with van der Waals surface area (Å²) >= 11 is 0. The molecule has 4 aromatic rings. The minimum Gasteiger partial charge on any atom is -0.493 e. The highest BCUT2D eigenvalue weighted by molar-refractivity contribution is 6.09. The number of hydrogen-bond donors (Lipinski definition) is 0. The van der Waals surface area contributed by atoms with Gasteiger partial charge in [-0.25, -0.2) is 4.39 Å². The number of esters is 1. The zero-order valence-corrected chi connectivity index (χ0v) is 18.4. The summed E-state index contributed by atoms with van der Waals surface area (Å²) in [5.41, 5.74) is 4.86. The lowest BCUT2D eigenvalue weighted by Crippen LogP contribution is -2.11. The van der Waals surface area contributed by atoms with Gasteiger partial charge in [-0.15, -0.1) is 0 Å². The van der Waals surface area contributed by atoms with E-state index in [0.29, 0.717) is 23.7 Å². The molecule has 1 aliphatic heterocycles. The average molecular weight is 443 g/mol. The molecule has 0 unspecified atom stereocenters. The van der Waals surface area contributed by atoms with Crippen molar-refractivity contribution in [2.24, 2.45) is 0 Å². The first-order valence-corrected chi connectivity index (χ1v) is 10.9. The summed E-state index contributed by atoms with van der Waals surface area (Å²) < 4.78 is 26.3. The van der Waals surface area contributed by atoms with Gasteiger partial charge in [0.25, 0.3) is 0 Å². The summed E-state index contributed by atoms with van der Waals surface area (Å²) in [7, 11) is 0. The summed E-state index contributed by atoms with van der Waals surface area (Å²) in [6.07, 6.45) is 3.10. The molecule has 0 radical (unpaired) electrons. The largest absolute Gasteiger partial charge is 0.493 e. The number of aldehydes is 1. The van der Waals surface area contributed by atoms with Crippen LogP contribution in [0.5, 0.6) is 5.75 Å². The Morgan fingerprint density at radius 1 is 1.21 bits per heavy atom. The number of fused-ring (bicyclic) bond motifs is 1. The lowest BCUT2D eigenvalue weighted by atomic mass is 9.86. The molecule has 33 heavy (non-hydrogen) atoms. The minimum absolute atomic E-state index is 0.00517. The number of nitrogens with zero attached hydrogens (tertiary/aromatic N) is 1. The summed E-state index contributed by atoms with van der Waals surface area (Å²) in [5.74, 6) is -0.166. The highest BCUT2D eigenvalue weighted by Gasteiger charge is 2.23. The van der Waals surface area contributed by atoms with Crippen LogP contribution in [0.3, 0.4) is 0 Å². The van der Waals surface area contributed by atoms with Gasteiger partial charge in [-0.3, -0.25) is 14.6 Å². The zero-order valence-electron chi connectivity index (χ0n) is 18.4. The Morgan fingerprint density at radius 2 is 2.06 bits per heavy atom. The van der Waals surface area contributed by atoms with Crippen LogP contribution in [0.2, 0.25) is 0 Å². The van der Waals surface area contributed by atoms with Crippen molar-refractivity contribution in [3.8, 4) is 16.9 Å². The molecular formula is C27H22FNO4. The topological polar surface area (TPSA) is 65.5 Å². The van der Waals surface area contributed by atoms with Crippen LogP contribution >= 0.6 is 0 Å². The predicted octanol–water partition coefficient (Wildman–Crippen LogP) is 5.36. The van der Waals surface area contributed by atoms with Crippen LogP contribution in [0.4, 0.5) is 4.39 Å². The van der Waals surface area contributed by atoms with E-state index in [2.05, 4.69) is 4.98 Å². The average Bonchev–Trinajstić information content (AvgIpc) is 2.82. The standard InChI is InChI=1S/C27H22FNO4/c1-3-32-23(31)13-20-15(2)12-21-18(5-4-17(14-30)26(21)28)25(20)19-6-7-22-24-16(9-11-33-22)8-10-29-27(19)24/h4-8,10,12,14H,3,9,11,13H2,1-2H3. The van der Waals surface area contributed by atoms with Gasteiger partial charge in [0.1, 0.15) is 11.6 Å². The number of ether oxygens (including phenoxy) is 2. The lowest BCUT2D eigenvalue weighted by molar-refractivity contribution is -0.142. The number of pyridine rings is 1. The number of halogens is 1. The number of carbonyl (C=O) groups is 2. The molecule has 2 heterocycles. The minimum atomic E-state index is -0.575. The molecule has 0 spiro atoms. The predicted molar refractivity (Wildman–Crippen MR) is 124 cm³/mol. The Kier molecular flexibility index (Phi) is 5.29.